The number of benzene rings is 2. The van der Waals surface area contributed by atoms with Crippen molar-refractivity contribution >= 4 is 37.7 Å². The van der Waals surface area contributed by atoms with Crippen molar-refractivity contribution in [1.82, 2.24) is 0 Å². The van der Waals surface area contributed by atoms with Gasteiger partial charge in [-0.05, 0) is 103 Å². The minimum absolute atomic E-state index is 0.116. The van der Waals surface area contributed by atoms with Crippen LogP contribution in [0.1, 0.15) is 78.0 Å². The van der Waals surface area contributed by atoms with E-state index in [1.165, 1.54) is 6.07 Å². The molecule has 0 radical (unpaired) electrons. The van der Waals surface area contributed by atoms with Gasteiger partial charge < -0.3 is 23.0 Å². The van der Waals surface area contributed by atoms with E-state index in [-0.39, 0.29) is 25.6 Å². The molecule has 0 amide bonds. The fourth-order valence-electron chi connectivity index (χ4n) is 4.21. The molecule has 3 rings (SSSR count). The Bertz CT molecular complexity index is 1250. The molecule has 2 aromatic carbocycles. The number of nitrogens with zero attached hydrogens (tertiary/aromatic N) is 1. The molecule has 12 heteroatoms. The summed E-state index contributed by atoms with van der Waals surface area (Å²) in [6.45, 7) is 13.7. The highest BCUT2D eigenvalue weighted by Gasteiger charge is 2.39. The Morgan fingerprint density at radius 1 is 0.907 bits per heavy atom. The fraction of sp³-hybridized carbons (Fsp3) is 0.581. The number of hydrogen-bond donors (Lipinski definition) is 0. The normalized spacial score (nSPS) is 17.7. The molecule has 0 N–H and O–H groups in total. The van der Waals surface area contributed by atoms with Gasteiger partial charge in [-0.3, -0.25) is 0 Å². The van der Waals surface area contributed by atoms with Gasteiger partial charge >= 0.3 is 14.8 Å². The Kier molecular flexibility index (Phi) is 12.2. The minimum atomic E-state index is -4.58. The predicted molar refractivity (Wildman–Crippen MR) is 166 cm³/mol. The maximum atomic E-state index is 14.0. The number of halogens is 5. The molecule has 43 heavy (non-hydrogen) atoms. The van der Waals surface area contributed by atoms with Crippen molar-refractivity contribution in [2.45, 2.75) is 97.1 Å². The summed E-state index contributed by atoms with van der Waals surface area (Å²) in [5.41, 5.74) is -1.17. The van der Waals surface area contributed by atoms with E-state index >= 15 is 0 Å². The van der Waals surface area contributed by atoms with E-state index in [0.717, 1.165) is 11.6 Å². The van der Waals surface area contributed by atoms with Crippen LogP contribution in [0.5, 0.6) is 5.75 Å². The molecule has 1 atom stereocenters. The lowest BCUT2D eigenvalue weighted by Crippen LogP contribution is -2.35. The van der Waals surface area contributed by atoms with E-state index in [0.29, 0.717) is 47.2 Å². The van der Waals surface area contributed by atoms with Gasteiger partial charge in [-0.25, -0.2) is 4.99 Å². The molecule has 0 bridgehead atoms. The summed E-state index contributed by atoms with van der Waals surface area (Å²) in [4.78, 5) is 4.68. The first-order valence-electron chi connectivity index (χ1n) is 14.1. The van der Waals surface area contributed by atoms with Crippen LogP contribution in [0.4, 0.5) is 13.2 Å². The van der Waals surface area contributed by atoms with Gasteiger partial charge in [0.05, 0.1) is 40.0 Å². The monoisotopic (exact) mass is 665 g/mol. The average molecular weight is 667 g/mol. The zero-order valence-electron chi connectivity index (χ0n) is 25.7. The number of aliphatic imine (C=N–C) groups is 1. The van der Waals surface area contributed by atoms with Crippen molar-refractivity contribution in [1.29, 1.82) is 0 Å². The molecule has 0 spiro atoms. The van der Waals surface area contributed by atoms with Crippen LogP contribution in [0.3, 0.4) is 0 Å². The Labute approximate surface area is 264 Å². The standard InChI is InChI=1S/C31H41Cl2F3NO5P/c1-21-37-30(19-39-21,20-40-43(41-28(2,3)4)42-29(5,6)7)15-14-23-11-13-27(24(17-23)31(34,35)36)38-16-8-9-22-10-12-25(32)26(33)18-22/h10-13,17-18H,8-9,14-16,19-20H2,1-7H3. The smallest absolute Gasteiger partial charge is 0.419 e. The Balaban J connectivity index is 1.67. The van der Waals surface area contributed by atoms with E-state index in [4.69, 9.17) is 46.2 Å². The fourth-order valence-corrected chi connectivity index (χ4v) is 5.92. The van der Waals surface area contributed by atoms with Crippen molar-refractivity contribution in [2.24, 2.45) is 4.99 Å². The second-order valence-electron chi connectivity index (χ2n) is 12.6. The van der Waals surface area contributed by atoms with Gasteiger partial charge in [0.25, 0.3) is 0 Å². The lowest BCUT2D eigenvalue weighted by molar-refractivity contribution is -0.139. The zero-order valence-corrected chi connectivity index (χ0v) is 28.1. The van der Waals surface area contributed by atoms with Crippen molar-refractivity contribution < 1.29 is 36.2 Å². The third-order valence-corrected chi connectivity index (χ3v) is 8.63. The number of alkyl halides is 3. The van der Waals surface area contributed by atoms with Crippen molar-refractivity contribution in [3.8, 4) is 5.75 Å². The van der Waals surface area contributed by atoms with Gasteiger partial charge in [-0.15, -0.1) is 0 Å². The largest absolute Gasteiger partial charge is 0.493 e. The molecule has 0 aliphatic carbocycles. The van der Waals surface area contributed by atoms with Gasteiger partial charge in [0, 0.05) is 6.92 Å². The highest BCUT2D eigenvalue weighted by atomic mass is 35.5. The van der Waals surface area contributed by atoms with E-state index in [1.54, 1.807) is 25.1 Å². The van der Waals surface area contributed by atoms with Crippen LogP contribution in [-0.4, -0.2) is 42.5 Å². The lowest BCUT2D eigenvalue weighted by Gasteiger charge is -2.32. The van der Waals surface area contributed by atoms with Gasteiger partial charge in [-0.2, -0.15) is 13.2 Å². The maximum absolute atomic E-state index is 14.0. The van der Waals surface area contributed by atoms with Crippen LogP contribution in [0, 0.1) is 0 Å². The van der Waals surface area contributed by atoms with Crippen LogP contribution >= 0.6 is 31.8 Å². The van der Waals surface area contributed by atoms with Gasteiger partial charge in [-0.1, -0.05) is 35.3 Å². The quantitative estimate of drug-likeness (QED) is 0.157. The Morgan fingerprint density at radius 2 is 1.53 bits per heavy atom. The van der Waals surface area contributed by atoms with Crippen LogP contribution in [-0.2, 0) is 37.3 Å². The molecule has 1 heterocycles. The highest BCUT2D eigenvalue weighted by molar-refractivity contribution is 7.41. The second kappa shape index (κ2) is 14.7. The number of rotatable bonds is 13. The average Bonchev–Trinajstić information content (AvgIpc) is 3.25. The van der Waals surface area contributed by atoms with E-state index in [9.17, 15) is 13.2 Å². The molecule has 240 valence electrons. The van der Waals surface area contributed by atoms with E-state index < -0.39 is 37.1 Å². The molecule has 1 aliphatic rings. The molecule has 1 aliphatic heterocycles. The third kappa shape index (κ3) is 12.0. The van der Waals surface area contributed by atoms with Crippen molar-refractivity contribution in [2.75, 3.05) is 19.8 Å². The summed E-state index contributed by atoms with van der Waals surface area (Å²) in [6.07, 6.45) is -2.75. The zero-order chi connectivity index (χ0) is 32.1. The van der Waals surface area contributed by atoms with E-state index in [2.05, 4.69) is 4.99 Å². The third-order valence-electron chi connectivity index (χ3n) is 6.16. The lowest BCUT2D eigenvalue weighted by atomic mass is 9.93. The summed E-state index contributed by atoms with van der Waals surface area (Å²) in [5.74, 6) is 0.299. The SMILES string of the molecule is CC1=NC(CCc2ccc(OCCCc3ccc(Cl)c(Cl)c3)c(C(F)(F)F)c2)(COP(OC(C)(C)C)OC(C)(C)C)CO1. The molecule has 0 aromatic heterocycles. The summed E-state index contributed by atoms with van der Waals surface area (Å²) in [6, 6.07) is 9.46. The second-order valence-corrected chi connectivity index (χ2v) is 14.5. The highest BCUT2D eigenvalue weighted by Crippen LogP contribution is 2.48. The molecular weight excluding hydrogens is 625 g/mol. The molecule has 6 nitrogen and oxygen atoms in total. The van der Waals surface area contributed by atoms with Crippen LogP contribution < -0.4 is 4.74 Å². The number of hydrogen-bond acceptors (Lipinski definition) is 6. The molecule has 0 fully saturated rings. The van der Waals surface area contributed by atoms with Crippen molar-refractivity contribution in [3.63, 3.8) is 0 Å². The first kappa shape index (κ1) is 35.9. The first-order valence-corrected chi connectivity index (χ1v) is 16.0. The molecule has 0 saturated heterocycles. The Hall–Kier alpha value is -1.61. The van der Waals surface area contributed by atoms with Crippen LogP contribution in [0.25, 0.3) is 0 Å². The maximum Gasteiger partial charge on any atom is 0.419 e. The first-order chi connectivity index (χ1) is 19.8. The van der Waals surface area contributed by atoms with E-state index in [1.807, 2.05) is 47.6 Å². The molecule has 0 saturated carbocycles. The summed E-state index contributed by atoms with van der Waals surface area (Å²) < 4.78 is 71.6. The predicted octanol–water partition coefficient (Wildman–Crippen LogP) is 10.0. The summed E-state index contributed by atoms with van der Waals surface area (Å²) in [5, 5.41) is 0.886. The minimum Gasteiger partial charge on any atom is -0.493 e. The number of ether oxygens (including phenoxy) is 2. The number of aryl methyl sites for hydroxylation is 2. The summed E-state index contributed by atoms with van der Waals surface area (Å²) in [7, 11) is -1.72. The molecule has 2 aromatic rings. The van der Waals surface area contributed by atoms with Gasteiger partial charge in [0.1, 0.15) is 17.9 Å². The Morgan fingerprint density at radius 3 is 2.09 bits per heavy atom. The molecule has 1 unspecified atom stereocenters. The van der Waals surface area contributed by atoms with Gasteiger partial charge in [0.15, 0.2) is 5.90 Å². The topological polar surface area (TPSA) is 58.5 Å². The van der Waals surface area contributed by atoms with Crippen LogP contribution in [0.15, 0.2) is 41.4 Å². The van der Waals surface area contributed by atoms with Crippen molar-refractivity contribution in [3.05, 3.63) is 63.1 Å². The van der Waals surface area contributed by atoms with Gasteiger partial charge in [0.2, 0.25) is 0 Å². The summed E-state index contributed by atoms with van der Waals surface area (Å²) >= 11 is 12.0. The molecular formula is C31H41Cl2F3NO5P. The van der Waals surface area contributed by atoms with Crippen LogP contribution in [0.2, 0.25) is 10.0 Å².